The van der Waals surface area contributed by atoms with E-state index >= 15 is 0 Å². The van der Waals surface area contributed by atoms with E-state index in [0.717, 1.165) is 0 Å². The predicted molar refractivity (Wildman–Crippen MR) is 48.6 cm³/mol. The Kier molecular flexibility index (Phi) is 10.2. The molecule has 3 nitrogen and oxygen atoms in total. The zero-order valence-electron chi connectivity index (χ0n) is 5.40. The molecule has 3 N–H and O–H groups in total. The van der Waals surface area contributed by atoms with Crippen molar-refractivity contribution in [2.75, 3.05) is 5.75 Å². The number of carboxylic acids is 1. The number of carboxylic acid groups (broad SMARTS) is 1. The average molecular weight is 208 g/mol. The molecule has 0 saturated carbocycles. The van der Waals surface area contributed by atoms with Crippen LogP contribution in [0.3, 0.4) is 0 Å². The zero-order valence-corrected chi connectivity index (χ0v) is 7.93. The van der Waals surface area contributed by atoms with Crippen LogP contribution in [0.1, 0.15) is 6.92 Å². The summed E-state index contributed by atoms with van der Waals surface area (Å²) in [6.07, 6.45) is 0. The number of halogens is 2. The molecular formula is C4H11Cl2NO2S. The Hall–Kier alpha value is 0.360. The van der Waals surface area contributed by atoms with Crippen molar-refractivity contribution in [1.82, 2.24) is 0 Å². The number of hydrogen-bond acceptors (Lipinski definition) is 3. The highest BCUT2D eigenvalue weighted by Crippen LogP contribution is 1.99. The van der Waals surface area contributed by atoms with Crippen LogP contribution in [0.2, 0.25) is 0 Å². The van der Waals surface area contributed by atoms with Gasteiger partial charge in [0.1, 0.15) is 5.54 Å². The highest BCUT2D eigenvalue weighted by molar-refractivity contribution is 7.80. The van der Waals surface area contributed by atoms with Gasteiger partial charge >= 0.3 is 5.97 Å². The molecule has 0 fully saturated rings. The molecule has 10 heavy (non-hydrogen) atoms. The summed E-state index contributed by atoms with van der Waals surface area (Å²) in [6.45, 7) is 1.42. The van der Waals surface area contributed by atoms with Crippen LogP contribution in [0.25, 0.3) is 0 Å². The second-order valence-corrected chi connectivity index (χ2v) is 2.20. The lowest BCUT2D eigenvalue weighted by molar-refractivity contribution is -0.141. The second kappa shape index (κ2) is 6.09. The maximum Gasteiger partial charge on any atom is 0.324 e. The third-order valence-corrected chi connectivity index (χ3v) is 1.47. The van der Waals surface area contributed by atoms with E-state index in [1.807, 2.05) is 0 Å². The van der Waals surface area contributed by atoms with Crippen LogP contribution in [0.4, 0.5) is 0 Å². The summed E-state index contributed by atoms with van der Waals surface area (Å²) in [5, 5.41) is 8.27. The standard InChI is InChI=1S/C4H9NO2S.2ClH/c1-4(5,2-8)3(6)7;;/h8H,2,5H2,1H3,(H,6,7);2*1H/t4-;;/m0../s1. The van der Waals surface area contributed by atoms with E-state index in [1.165, 1.54) is 6.92 Å². The molecule has 0 aromatic carbocycles. The number of rotatable bonds is 2. The lowest BCUT2D eigenvalue weighted by Crippen LogP contribution is -2.46. The lowest BCUT2D eigenvalue weighted by atomic mass is 10.1. The van der Waals surface area contributed by atoms with Crippen molar-refractivity contribution in [1.29, 1.82) is 0 Å². The molecule has 0 heterocycles. The summed E-state index contributed by atoms with van der Waals surface area (Å²) >= 11 is 3.73. The van der Waals surface area contributed by atoms with Crippen LogP contribution in [0.5, 0.6) is 0 Å². The van der Waals surface area contributed by atoms with Crippen LogP contribution in [0.15, 0.2) is 0 Å². The molecule has 0 saturated heterocycles. The molecule has 0 unspecified atom stereocenters. The van der Waals surface area contributed by atoms with Crippen LogP contribution in [-0.4, -0.2) is 22.4 Å². The molecule has 0 aliphatic heterocycles. The van der Waals surface area contributed by atoms with Crippen molar-refractivity contribution in [3.05, 3.63) is 0 Å². The van der Waals surface area contributed by atoms with Gasteiger partial charge in [-0.2, -0.15) is 12.6 Å². The van der Waals surface area contributed by atoms with E-state index in [-0.39, 0.29) is 30.6 Å². The van der Waals surface area contributed by atoms with Crippen molar-refractivity contribution in [2.45, 2.75) is 12.5 Å². The molecule has 0 aliphatic carbocycles. The Morgan fingerprint density at radius 1 is 1.70 bits per heavy atom. The predicted octanol–water partition coefficient (Wildman–Crippen LogP) is 0.562. The number of aliphatic carboxylic acids is 1. The molecule has 0 spiro atoms. The van der Waals surface area contributed by atoms with E-state index in [2.05, 4.69) is 12.6 Å². The smallest absolute Gasteiger partial charge is 0.324 e. The van der Waals surface area contributed by atoms with Crippen LogP contribution >= 0.6 is 37.4 Å². The molecule has 0 radical (unpaired) electrons. The van der Waals surface area contributed by atoms with E-state index in [0.29, 0.717) is 0 Å². The summed E-state index contributed by atoms with van der Waals surface area (Å²) in [5.74, 6) is -0.866. The minimum atomic E-state index is -1.18. The van der Waals surface area contributed by atoms with Gasteiger partial charge in [0.15, 0.2) is 0 Å². The van der Waals surface area contributed by atoms with E-state index in [4.69, 9.17) is 10.8 Å². The molecule has 0 aliphatic rings. The largest absolute Gasteiger partial charge is 0.480 e. The van der Waals surface area contributed by atoms with Gasteiger partial charge in [0.05, 0.1) is 0 Å². The molecule has 0 bridgehead atoms. The molecule has 0 aromatic rings. The summed E-state index contributed by atoms with van der Waals surface area (Å²) in [5.41, 5.74) is 4.01. The normalized spacial score (nSPS) is 13.9. The van der Waals surface area contributed by atoms with Gasteiger partial charge < -0.3 is 10.8 Å². The number of nitrogens with two attached hydrogens (primary N) is 1. The minimum absolute atomic E-state index is 0. The third-order valence-electron chi connectivity index (χ3n) is 0.817. The summed E-state index contributed by atoms with van der Waals surface area (Å²) in [6, 6.07) is 0. The molecule has 0 aromatic heterocycles. The fourth-order valence-corrected chi connectivity index (χ4v) is 0.203. The molecule has 0 amide bonds. The first-order chi connectivity index (χ1) is 3.50. The fraction of sp³-hybridized carbons (Fsp3) is 0.750. The maximum atomic E-state index is 10.1. The van der Waals surface area contributed by atoms with Crippen LogP contribution < -0.4 is 5.73 Å². The van der Waals surface area contributed by atoms with Gasteiger partial charge in [0.2, 0.25) is 0 Å². The maximum absolute atomic E-state index is 10.1. The highest BCUT2D eigenvalue weighted by atomic mass is 35.5. The van der Waals surface area contributed by atoms with E-state index in [9.17, 15) is 4.79 Å². The zero-order chi connectivity index (χ0) is 6.78. The summed E-state index contributed by atoms with van der Waals surface area (Å²) in [7, 11) is 0. The monoisotopic (exact) mass is 207 g/mol. The van der Waals surface area contributed by atoms with Crippen molar-refractivity contribution >= 4 is 43.4 Å². The van der Waals surface area contributed by atoms with Crippen molar-refractivity contribution in [3.63, 3.8) is 0 Å². The summed E-state index contributed by atoms with van der Waals surface area (Å²) < 4.78 is 0. The summed E-state index contributed by atoms with van der Waals surface area (Å²) in [4.78, 5) is 10.1. The SMILES string of the molecule is C[C@](N)(CS)C(=O)O.Cl.Cl. The van der Waals surface area contributed by atoms with Gasteiger partial charge in [0.25, 0.3) is 0 Å². The molecule has 64 valence electrons. The second-order valence-electron chi connectivity index (χ2n) is 1.88. The van der Waals surface area contributed by atoms with Gasteiger partial charge in [-0.3, -0.25) is 4.79 Å². The first-order valence-corrected chi connectivity index (χ1v) is 2.77. The first-order valence-electron chi connectivity index (χ1n) is 2.14. The Morgan fingerprint density at radius 2 is 2.00 bits per heavy atom. The topological polar surface area (TPSA) is 63.3 Å². The van der Waals surface area contributed by atoms with Crippen LogP contribution in [0, 0.1) is 0 Å². The highest BCUT2D eigenvalue weighted by Gasteiger charge is 2.25. The number of hydrogen-bond donors (Lipinski definition) is 3. The van der Waals surface area contributed by atoms with Crippen molar-refractivity contribution in [2.24, 2.45) is 5.73 Å². The Bertz CT molecular complexity index is 109. The van der Waals surface area contributed by atoms with Gasteiger partial charge in [-0.25, -0.2) is 0 Å². The first kappa shape index (κ1) is 16.8. The fourth-order valence-electron chi connectivity index (χ4n) is 0.0676. The Balaban J connectivity index is -0.000000245. The van der Waals surface area contributed by atoms with Gasteiger partial charge in [-0.1, -0.05) is 0 Å². The van der Waals surface area contributed by atoms with E-state index in [1.54, 1.807) is 0 Å². The van der Waals surface area contributed by atoms with Gasteiger partial charge in [-0.05, 0) is 6.92 Å². The number of carbonyl (C=O) groups is 1. The average Bonchev–Trinajstić information content (AvgIpc) is 1.67. The Labute approximate surface area is 77.6 Å². The molecule has 1 atom stereocenters. The molecular weight excluding hydrogens is 197 g/mol. The van der Waals surface area contributed by atoms with Crippen LogP contribution in [-0.2, 0) is 4.79 Å². The lowest BCUT2D eigenvalue weighted by Gasteiger charge is -2.14. The van der Waals surface area contributed by atoms with Crippen molar-refractivity contribution in [3.8, 4) is 0 Å². The quantitative estimate of drug-likeness (QED) is 0.581. The van der Waals surface area contributed by atoms with Gasteiger partial charge in [-0.15, -0.1) is 24.8 Å². The Morgan fingerprint density at radius 3 is 2.00 bits per heavy atom. The number of thiol groups is 1. The minimum Gasteiger partial charge on any atom is -0.480 e. The molecule has 0 rings (SSSR count). The van der Waals surface area contributed by atoms with E-state index < -0.39 is 11.5 Å². The van der Waals surface area contributed by atoms with Crippen molar-refractivity contribution < 1.29 is 9.90 Å². The molecule has 6 heteroatoms. The van der Waals surface area contributed by atoms with Gasteiger partial charge in [0, 0.05) is 5.75 Å². The third kappa shape index (κ3) is 5.17.